The molecule has 0 unspecified atom stereocenters. The van der Waals surface area contributed by atoms with Crippen molar-refractivity contribution in [1.82, 2.24) is 4.90 Å². The number of rotatable bonds is 2. The smallest absolute Gasteiger partial charge is 0.131 e. The van der Waals surface area contributed by atoms with Crippen molar-refractivity contribution < 1.29 is 9.13 Å². The number of halogens is 1. The Balaban J connectivity index is 2.16. The van der Waals surface area contributed by atoms with Crippen molar-refractivity contribution in [1.29, 1.82) is 0 Å². The van der Waals surface area contributed by atoms with Crippen LogP contribution >= 0.6 is 0 Å². The molecule has 0 aliphatic carbocycles. The molecule has 21 heavy (non-hydrogen) atoms. The van der Waals surface area contributed by atoms with Crippen LogP contribution in [0.3, 0.4) is 0 Å². The Bertz CT molecular complexity index is 693. The molecule has 2 nitrogen and oxygen atoms in total. The third-order valence-electron chi connectivity index (χ3n) is 3.81. The number of methoxy groups -OCH3 is 1. The maximum absolute atomic E-state index is 14.2. The summed E-state index contributed by atoms with van der Waals surface area (Å²) in [6.07, 6.45) is 2.09. The quantitative estimate of drug-likeness (QED) is 0.833. The average molecular weight is 283 g/mol. The first-order valence-electron chi connectivity index (χ1n) is 7.00. The van der Waals surface area contributed by atoms with E-state index in [-0.39, 0.29) is 5.82 Å². The van der Waals surface area contributed by atoms with Gasteiger partial charge in [-0.15, -0.1) is 0 Å². The molecule has 0 radical (unpaired) electrons. The van der Waals surface area contributed by atoms with Gasteiger partial charge in [0, 0.05) is 18.7 Å². The molecule has 0 spiro atoms. The second kappa shape index (κ2) is 5.70. The molecule has 1 aliphatic rings. The second-order valence-electron chi connectivity index (χ2n) is 5.32. The first kappa shape index (κ1) is 13.8. The van der Waals surface area contributed by atoms with Gasteiger partial charge in [0.15, 0.2) is 0 Å². The number of hydrogen-bond donors (Lipinski definition) is 0. The lowest BCUT2D eigenvalue weighted by Crippen LogP contribution is -2.16. The number of hydrogen-bond acceptors (Lipinski definition) is 2. The lowest BCUT2D eigenvalue weighted by molar-refractivity contribution is 0.363. The van der Waals surface area contributed by atoms with Crippen LogP contribution in [0.5, 0.6) is 5.75 Å². The fraction of sp³-hybridized carbons (Fsp3) is 0.222. The Morgan fingerprint density at radius 2 is 1.90 bits per heavy atom. The summed E-state index contributed by atoms with van der Waals surface area (Å²) in [5.74, 6) is 0.645. The zero-order chi connectivity index (χ0) is 14.8. The SMILES string of the molecule is COc1ccc2c(c1)CN(C)CC=C2c1ccccc1F. The van der Waals surface area contributed by atoms with Crippen LogP contribution in [-0.4, -0.2) is 25.6 Å². The standard InChI is InChI=1S/C18H18FNO/c1-20-10-9-16(17-5-3-4-6-18(17)19)15-8-7-14(21-2)11-13(15)12-20/h3-9,11H,10,12H2,1-2H3. The summed E-state index contributed by atoms with van der Waals surface area (Å²) < 4.78 is 19.5. The Labute approximate surface area is 124 Å². The highest BCUT2D eigenvalue weighted by atomic mass is 19.1. The van der Waals surface area contributed by atoms with Gasteiger partial charge in [0.2, 0.25) is 0 Å². The van der Waals surface area contributed by atoms with Crippen molar-refractivity contribution in [2.45, 2.75) is 6.54 Å². The molecule has 0 fully saturated rings. The summed E-state index contributed by atoms with van der Waals surface area (Å²) in [5, 5.41) is 0. The summed E-state index contributed by atoms with van der Waals surface area (Å²) in [6, 6.07) is 12.9. The second-order valence-corrected chi connectivity index (χ2v) is 5.32. The van der Waals surface area contributed by atoms with Crippen LogP contribution < -0.4 is 4.74 Å². The number of likely N-dealkylation sites (N-methyl/N-ethyl adjacent to an activating group) is 1. The van der Waals surface area contributed by atoms with E-state index < -0.39 is 0 Å². The van der Waals surface area contributed by atoms with Gasteiger partial charge in [0.05, 0.1) is 7.11 Å². The number of nitrogens with zero attached hydrogens (tertiary/aromatic N) is 1. The van der Waals surface area contributed by atoms with Crippen molar-refractivity contribution in [2.75, 3.05) is 20.7 Å². The molecule has 0 saturated carbocycles. The van der Waals surface area contributed by atoms with Crippen molar-refractivity contribution in [2.24, 2.45) is 0 Å². The minimum Gasteiger partial charge on any atom is -0.497 e. The van der Waals surface area contributed by atoms with Crippen LogP contribution in [0.4, 0.5) is 4.39 Å². The van der Waals surface area contributed by atoms with Crippen molar-refractivity contribution in [3.63, 3.8) is 0 Å². The first-order chi connectivity index (χ1) is 10.2. The molecule has 0 aromatic heterocycles. The van der Waals surface area contributed by atoms with Crippen LogP contribution in [0.25, 0.3) is 5.57 Å². The molecule has 3 heteroatoms. The normalized spacial score (nSPS) is 15.1. The molecule has 0 saturated heterocycles. The van der Waals surface area contributed by atoms with Gasteiger partial charge in [-0.1, -0.05) is 30.3 Å². The number of benzene rings is 2. The Morgan fingerprint density at radius 3 is 2.67 bits per heavy atom. The maximum atomic E-state index is 14.2. The van der Waals surface area contributed by atoms with E-state index >= 15 is 0 Å². The van der Waals surface area contributed by atoms with Gasteiger partial charge >= 0.3 is 0 Å². The van der Waals surface area contributed by atoms with Gasteiger partial charge in [0.25, 0.3) is 0 Å². The van der Waals surface area contributed by atoms with Crippen molar-refractivity contribution >= 4 is 5.57 Å². The van der Waals surface area contributed by atoms with Gasteiger partial charge in [-0.2, -0.15) is 0 Å². The molecule has 0 bridgehead atoms. The lowest BCUT2D eigenvalue weighted by Gasteiger charge is -2.15. The predicted molar refractivity (Wildman–Crippen MR) is 82.8 cm³/mol. The highest BCUT2D eigenvalue weighted by Crippen LogP contribution is 2.32. The van der Waals surface area contributed by atoms with Gasteiger partial charge in [-0.25, -0.2) is 4.39 Å². The molecular weight excluding hydrogens is 265 g/mol. The van der Waals surface area contributed by atoms with Gasteiger partial charge in [-0.3, -0.25) is 4.90 Å². The van der Waals surface area contributed by atoms with Crippen LogP contribution in [0, 0.1) is 5.82 Å². The molecule has 0 N–H and O–H groups in total. The molecule has 2 aromatic rings. The van der Waals surface area contributed by atoms with Crippen LogP contribution in [-0.2, 0) is 6.54 Å². The molecule has 0 atom stereocenters. The van der Waals surface area contributed by atoms with Gasteiger partial charge in [-0.05, 0) is 41.9 Å². The highest BCUT2D eigenvalue weighted by molar-refractivity contribution is 5.82. The van der Waals surface area contributed by atoms with E-state index in [1.165, 1.54) is 6.07 Å². The van der Waals surface area contributed by atoms with E-state index in [1.54, 1.807) is 13.2 Å². The van der Waals surface area contributed by atoms with E-state index in [4.69, 9.17) is 4.74 Å². The van der Waals surface area contributed by atoms with E-state index in [2.05, 4.69) is 18.0 Å². The first-order valence-corrected chi connectivity index (χ1v) is 7.00. The summed E-state index contributed by atoms with van der Waals surface area (Å²) in [6.45, 7) is 1.61. The van der Waals surface area contributed by atoms with E-state index in [0.29, 0.717) is 5.56 Å². The van der Waals surface area contributed by atoms with Crippen LogP contribution in [0.1, 0.15) is 16.7 Å². The summed E-state index contributed by atoms with van der Waals surface area (Å²) in [5.41, 5.74) is 3.84. The summed E-state index contributed by atoms with van der Waals surface area (Å²) in [7, 11) is 3.72. The molecule has 1 heterocycles. The zero-order valence-corrected chi connectivity index (χ0v) is 12.3. The fourth-order valence-electron chi connectivity index (χ4n) is 2.74. The zero-order valence-electron chi connectivity index (χ0n) is 12.3. The van der Waals surface area contributed by atoms with E-state index in [9.17, 15) is 4.39 Å². The molecule has 1 aliphatic heterocycles. The Hall–Kier alpha value is -2.13. The van der Waals surface area contributed by atoms with Gasteiger partial charge in [0.1, 0.15) is 11.6 Å². The molecule has 3 rings (SSSR count). The maximum Gasteiger partial charge on any atom is 0.131 e. The minimum absolute atomic E-state index is 0.185. The van der Waals surface area contributed by atoms with Crippen molar-refractivity contribution in [3.8, 4) is 5.75 Å². The topological polar surface area (TPSA) is 12.5 Å². The summed E-state index contributed by atoms with van der Waals surface area (Å²) >= 11 is 0. The lowest BCUT2D eigenvalue weighted by atomic mass is 9.93. The average Bonchev–Trinajstić information content (AvgIpc) is 2.65. The van der Waals surface area contributed by atoms with E-state index in [1.807, 2.05) is 30.3 Å². The molecule has 2 aromatic carbocycles. The fourth-order valence-corrected chi connectivity index (χ4v) is 2.74. The van der Waals surface area contributed by atoms with Gasteiger partial charge < -0.3 is 4.74 Å². The molecule has 108 valence electrons. The third kappa shape index (κ3) is 2.69. The van der Waals surface area contributed by atoms with Crippen LogP contribution in [0.15, 0.2) is 48.5 Å². The Morgan fingerprint density at radius 1 is 1.10 bits per heavy atom. The largest absolute Gasteiger partial charge is 0.497 e. The molecule has 0 amide bonds. The minimum atomic E-state index is -0.185. The van der Waals surface area contributed by atoms with Crippen LogP contribution in [0.2, 0.25) is 0 Å². The molecular formula is C18H18FNO. The number of ether oxygens (including phenoxy) is 1. The monoisotopic (exact) mass is 283 g/mol. The predicted octanol–water partition coefficient (Wildman–Crippen LogP) is 3.71. The third-order valence-corrected chi connectivity index (χ3v) is 3.81. The number of fused-ring (bicyclic) bond motifs is 1. The summed E-state index contributed by atoms with van der Waals surface area (Å²) in [4.78, 5) is 2.20. The van der Waals surface area contributed by atoms with Crippen molar-refractivity contribution in [3.05, 3.63) is 71.0 Å². The van der Waals surface area contributed by atoms with E-state index in [0.717, 1.165) is 35.5 Å². The highest BCUT2D eigenvalue weighted by Gasteiger charge is 2.18. The Kier molecular flexibility index (Phi) is 3.76.